The third-order valence-corrected chi connectivity index (χ3v) is 10.9. The Morgan fingerprint density at radius 1 is 0.322 bits per heavy atom. The van der Waals surface area contributed by atoms with Gasteiger partial charge >= 0.3 is 6.18 Å². The van der Waals surface area contributed by atoms with E-state index in [2.05, 4.69) is 0 Å². The Morgan fingerprint density at radius 2 is 0.695 bits per heavy atom. The highest BCUT2D eigenvalue weighted by Crippen LogP contribution is 2.47. The molecule has 59 heavy (non-hydrogen) atoms. The molecule has 8 aromatic carbocycles. The molecule has 10 rings (SSSR count). The van der Waals surface area contributed by atoms with Gasteiger partial charge < -0.3 is 9.13 Å². The van der Waals surface area contributed by atoms with Gasteiger partial charge in [0.05, 0.1) is 39.0 Å². The highest BCUT2D eigenvalue weighted by molar-refractivity contribution is 6.12. The molecule has 0 unspecified atom stereocenters. The van der Waals surface area contributed by atoms with Crippen LogP contribution in [-0.4, -0.2) is 9.13 Å². The number of para-hydroxylation sites is 2. The standard InChI is InChI=1S/C49H26F8N2/c50-44-42(45(51)47(53)48(54)46(44)52)31-25-40(58-36-17-9-7-15-32(36)34-23-29(19-21-38(34)58)27-11-3-1-4-12-27)43(49(55,56)57)41(26-31)59-37-18-10-8-16-33(37)35-24-30(20-22-39(35)59)28-13-5-2-6-14-28/h1-26H. The summed E-state index contributed by atoms with van der Waals surface area (Å²) in [6.07, 6.45) is -5.14. The maximum Gasteiger partial charge on any atom is 0.420 e. The molecule has 0 bridgehead atoms. The highest BCUT2D eigenvalue weighted by Gasteiger charge is 2.40. The molecule has 0 aliphatic carbocycles. The van der Waals surface area contributed by atoms with Crippen LogP contribution in [0.5, 0.6) is 0 Å². The van der Waals surface area contributed by atoms with Crippen LogP contribution in [0.1, 0.15) is 5.56 Å². The normalized spacial score (nSPS) is 12.1. The van der Waals surface area contributed by atoms with Gasteiger partial charge in [-0.05, 0) is 76.3 Å². The SMILES string of the molecule is Fc1c(F)c(F)c(-c2cc(-n3c4ccccc4c4cc(-c5ccccc5)ccc43)c(C(F)(F)F)c(-n3c4ccccc4c4cc(-c5ccccc5)ccc43)c2)c(F)c1F. The highest BCUT2D eigenvalue weighted by atomic mass is 19.4. The van der Waals surface area contributed by atoms with Crippen LogP contribution in [0.3, 0.4) is 0 Å². The van der Waals surface area contributed by atoms with E-state index in [1.807, 2.05) is 72.8 Å². The molecule has 2 nitrogen and oxygen atoms in total. The fourth-order valence-corrected chi connectivity index (χ4v) is 8.34. The lowest BCUT2D eigenvalue weighted by molar-refractivity contribution is -0.137. The van der Waals surface area contributed by atoms with E-state index in [4.69, 9.17) is 0 Å². The van der Waals surface area contributed by atoms with E-state index in [0.29, 0.717) is 43.6 Å². The lowest BCUT2D eigenvalue weighted by Crippen LogP contribution is -2.16. The Kier molecular flexibility index (Phi) is 8.24. The van der Waals surface area contributed by atoms with Crippen molar-refractivity contribution < 1.29 is 35.1 Å². The zero-order chi connectivity index (χ0) is 40.7. The molecular weight excluding hydrogens is 769 g/mol. The molecule has 0 amide bonds. The fraction of sp³-hybridized carbons (Fsp3) is 0.0204. The van der Waals surface area contributed by atoms with Gasteiger partial charge in [-0.1, -0.05) is 109 Å². The van der Waals surface area contributed by atoms with E-state index < -0.39 is 63.3 Å². The van der Waals surface area contributed by atoms with Gasteiger partial charge in [0.1, 0.15) is 5.56 Å². The largest absolute Gasteiger partial charge is 0.420 e. The van der Waals surface area contributed by atoms with Crippen molar-refractivity contribution in [3.8, 4) is 44.8 Å². The Bertz CT molecular complexity index is 3100. The number of benzene rings is 8. The van der Waals surface area contributed by atoms with Crippen LogP contribution in [0.25, 0.3) is 88.4 Å². The zero-order valence-electron chi connectivity index (χ0n) is 30.4. The lowest BCUT2D eigenvalue weighted by atomic mass is 9.97. The van der Waals surface area contributed by atoms with E-state index in [-0.39, 0.29) is 0 Å². The minimum atomic E-state index is -5.14. The van der Waals surface area contributed by atoms with E-state index in [1.165, 1.54) is 9.13 Å². The van der Waals surface area contributed by atoms with E-state index in [9.17, 15) is 13.2 Å². The van der Waals surface area contributed by atoms with Gasteiger partial charge in [-0.25, -0.2) is 22.0 Å². The molecule has 0 aliphatic heterocycles. The Hall–Kier alpha value is -7.20. The van der Waals surface area contributed by atoms with Gasteiger partial charge in [0, 0.05) is 21.5 Å². The summed E-state index contributed by atoms with van der Waals surface area (Å²) in [7, 11) is 0. The van der Waals surface area contributed by atoms with E-state index in [1.54, 1.807) is 72.8 Å². The number of aromatic nitrogens is 2. The number of rotatable bonds is 5. The van der Waals surface area contributed by atoms with Crippen molar-refractivity contribution in [3.05, 3.63) is 192 Å². The third kappa shape index (κ3) is 5.61. The Morgan fingerprint density at radius 3 is 1.12 bits per heavy atom. The molecule has 0 saturated carbocycles. The smallest absolute Gasteiger partial charge is 0.309 e. The molecule has 10 aromatic rings. The van der Waals surface area contributed by atoms with Crippen molar-refractivity contribution in [2.45, 2.75) is 6.18 Å². The van der Waals surface area contributed by atoms with Gasteiger partial charge in [-0.3, -0.25) is 0 Å². The molecule has 0 atom stereocenters. The van der Waals surface area contributed by atoms with Crippen LogP contribution in [0.4, 0.5) is 35.1 Å². The summed E-state index contributed by atoms with van der Waals surface area (Å²) in [6, 6.07) is 44.5. The van der Waals surface area contributed by atoms with Crippen LogP contribution in [0.2, 0.25) is 0 Å². The topological polar surface area (TPSA) is 9.86 Å². The number of halogens is 8. The molecule has 2 aromatic heterocycles. The summed E-state index contributed by atoms with van der Waals surface area (Å²) in [5.41, 5.74) is 0.153. The lowest BCUT2D eigenvalue weighted by Gasteiger charge is -2.23. The molecule has 0 radical (unpaired) electrons. The molecule has 10 heteroatoms. The maximum atomic E-state index is 16.2. The van der Waals surface area contributed by atoms with Crippen molar-refractivity contribution in [2.75, 3.05) is 0 Å². The average molecular weight is 795 g/mol. The molecule has 0 fully saturated rings. The third-order valence-electron chi connectivity index (χ3n) is 10.9. The summed E-state index contributed by atoms with van der Waals surface area (Å²) in [6.45, 7) is 0. The predicted molar refractivity (Wildman–Crippen MR) is 216 cm³/mol. The van der Waals surface area contributed by atoms with Gasteiger partial charge in [0.15, 0.2) is 23.3 Å². The van der Waals surface area contributed by atoms with Crippen molar-refractivity contribution >= 4 is 43.6 Å². The van der Waals surface area contributed by atoms with E-state index in [0.717, 1.165) is 34.4 Å². The summed E-state index contributed by atoms with van der Waals surface area (Å²) < 4.78 is 127. The predicted octanol–water partition coefficient (Wildman–Crippen LogP) is 14.6. The van der Waals surface area contributed by atoms with Crippen LogP contribution < -0.4 is 0 Å². The minimum absolute atomic E-state index is 0.312. The van der Waals surface area contributed by atoms with Crippen molar-refractivity contribution in [1.82, 2.24) is 9.13 Å². The fourth-order valence-electron chi connectivity index (χ4n) is 8.34. The second kappa shape index (κ2) is 13.4. The second-order valence-corrected chi connectivity index (χ2v) is 14.2. The van der Waals surface area contributed by atoms with Gasteiger partial charge in [0.25, 0.3) is 0 Å². The second-order valence-electron chi connectivity index (χ2n) is 14.2. The summed E-state index contributed by atoms with van der Waals surface area (Å²) in [5.74, 6) is -11.2. The molecule has 0 saturated heterocycles. The first kappa shape index (κ1) is 36.2. The average Bonchev–Trinajstić information content (AvgIpc) is 3.77. The van der Waals surface area contributed by atoms with E-state index >= 15 is 22.0 Å². The Balaban J connectivity index is 1.37. The molecule has 2 heterocycles. The summed E-state index contributed by atoms with van der Waals surface area (Å²) in [5, 5.41) is 2.29. The first-order chi connectivity index (χ1) is 28.5. The number of hydrogen-bond donors (Lipinski definition) is 0. The number of nitrogens with zero attached hydrogens (tertiary/aromatic N) is 2. The van der Waals surface area contributed by atoms with Crippen LogP contribution >= 0.6 is 0 Å². The molecule has 0 aliphatic rings. The monoisotopic (exact) mass is 794 g/mol. The number of fused-ring (bicyclic) bond motifs is 6. The first-order valence-electron chi connectivity index (χ1n) is 18.5. The number of alkyl halides is 3. The minimum Gasteiger partial charge on any atom is -0.309 e. The van der Waals surface area contributed by atoms with Crippen LogP contribution in [0, 0.1) is 29.1 Å². The van der Waals surface area contributed by atoms with Gasteiger partial charge in [0.2, 0.25) is 5.82 Å². The van der Waals surface area contributed by atoms with Crippen molar-refractivity contribution in [3.63, 3.8) is 0 Å². The zero-order valence-corrected chi connectivity index (χ0v) is 30.4. The van der Waals surface area contributed by atoms with Crippen LogP contribution in [-0.2, 0) is 6.18 Å². The van der Waals surface area contributed by atoms with Crippen LogP contribution in [0.15, 0.2) is 158 Å². The summed E-state index contributed by atoms with van der Waals surface area (Å²) >= 11 is 0. The summed E-state index contributed by atoms with van der Waals surface area (Å²) in [4.78, 5) is 0. The molecular formula is C49H26F8N2. The molecule has 288 valence electrons. The van der Waals surface area contributed by atoms with Crippen molar-refractivity contribution in [2.24, 2.45) is 0 Å². The molecule has 0 spiro atoms. The quantitative estimate of drug-likeness (QED) is 0.0933. The molecule has 0 N–H and O–H groups in total. The van der Waals surface area contributed by atoms with Gasteiger partial charge in [-0.15, -0.1) is 0 Å². The first-order valence-corrected chi connectivity index (χ1v) is 18.5. The maximum absolute atomic E-state index is 16.2. The van der Waals surface area contributed by atoms with Gasteiger partial charge in [-0.2, -0.15) is 13.2 Å². The number of hydrogen-bond acceptors (Lipinski definition) is 0. The van der Waals surface area contributed by atoms with Crippen molar-refractivity contribution in [1.29, 1.82) is 0 Å². The Labute approximate surface area is 330 Å².